The number of nitrogens with zero attached hydrogens (tertiary/aromatic N) is 2. The molecule has 1 fully saturated rings. The van der Waals surface area contributed by atoms with Gasteiger partial charge in [-0.3, -0.25) is 0 Å². The number of hydrogen-bond donors (Lipinski definition) is 2. The molecule has 0 spiro atoms. The summed E-state index contributed by atoms with van der Waals surface area (Å²) in [5.74, 6) is 1.81. The lowest BCUT2D eigenvalue weighted by Gasteiger charge is -2.34. The quantitative estimate of drug-likeness (QED) is 0.436. The third kappa shape index (κ3) is 6.35. The Kier molecular flexibility index (Phi) is 9.97. The van der Waals surface area contributed by atoms with Gasteiger partial charge in [-0.25, -0.2) is 0 Å². The van der Waals surface area contributed by atoms with Gasteiger partial charge >= 0.3 is 0 Å². The molecule has 3 rings (SSSR count). The van der Waals surface area contributed by atoms with E-state index in [4.69, 9.17) is 9.47 Å². The fourth-order valence-corrected chi connectivity index (χ4v) is 5.52. The van der Waals surface area contributed by atoms with Gasteiger partial charge in [0.05, 0.1) is 38.9 Å². The van der Waals surface area contributed by atoms with E-state index in [1.807, 2.05) is 30.3 Å². The van der Waals surface area contributed by atoms with E-state index < -0.39 is 5.41 Å². The van der Waals surface area contributed by atoms with Crippen LogP contribution >= 0.6 is 0 Å². The molecule has 2 aromatic rings. The molecule has 2 N–H and O–H groups in total. The average molecular weight is 481 g/mol. The van der Waals surface area contributed by atoms with Crippen LogP contribution in [0, 0.1) is 17.2 Å². The average Bonchev–Trinajstić information content (AvgIpc) is 3.45. The van der Waals surface area contributed by atoms with E-state index >= 15 is 0 Å². The minimum atomic E-state index is -0.557. The summed E-state index contributed by atoms with van der Waals surface area (Å²) in [4.78, 5) is 2.32. The van der Waals surface area contributed by atoms with Gasteiger partial charge in [0.15, 0.2) is 11.5 Å². The summed E-state index contributed by atoms with van der Waals surface area (Å²) in [6.45, 7) is 1.59. The number of nitriles is 1. The minimum Gasteiger partial charge on any atom is -0.493 e. The Bertz CT molecular complexity index is 997. The van der Waals surface area contributed by atoms with Gasteiger partial charge in [0.25, 0.3) is 0 Å². The maximum atomic E-state index is 10.5. The highest BCUT2D eigenvalue weighted by molar-refractivity contribution is 5.43. The molecule has 35 heavy (non-hydrogen) atoms. The van der Waals surface area contributed by atoms with Gasteiger partial charge < -0.3 is 24.6 Å². The fraction of sp³-hybridized carbons (Fsp3) is 0.552. The zero-order valence-corrected chi connectivity index (χ0v) is 21.4. The summed E-state index contributed by atoms with van der Waals surface area (Å²) in [5.41, 5.74) is 3.08. The van der Waals surface area contributed by atoms with Gasteiger partial charge in [0.2, 0.25) is 0 Å². The van der Waals surface area contributed by atoms with Gasteiger partial charge in [-0.1, -0.05) is 37.1 Å². The molecule has 190 valence electrons. The van der Waals surface area contributed by atoms with Gasteiger partial charge in [0, 0.05) is 6.54 Å². The second-order valence-corrected chi connectivity index (χ2v) is 9.71. The van der Waals surface area contributed by atoms with E-state index in [1.54, 1.807) is 14.2 Å². The lowest BCUT2D eigenvalue weighted by atomic mass is 9.67. The van der Waals surface area contributed by atoms with Gasteiger partial charge in [0.1, 0.15) is 0 Å². The Morgan fingerprint density at radius 2 is 1.69 bits per heavy atom. The van der Waals surface area contributed by atoms with E-state index in [1.165, 1.54) is 18.4 Å². The van der Waals surface area contributed by atoms with E-state index in [0.29, 0.717) is 5.92 Å². The Balaban J connectivity index is 1.67. The van der Waals surface area contributed by atoms with Gasteiger partial charge in [-0.05, 0) is 86.0 Å². The Labute approximate surface area is 210 Å². The van der Waals surface area contributed by atoms with E-state index in [-0.39, 0.29) is 13.2 Å². The van der Waals surface area contributed by atoms with Crippen LogP contribution in [0.15, 0.2) is 36.4 Å². The normalized spacial score (nSPS) is 15.7. The summed E-state index contributed by atoms with van der Waals surface area (Å²) in [5, 5.41) is 29.9. The maximum Gasteiger partial charge on any atom is 0.160 e. The monoisotopic (exact) mass is 480 g/mol. The summed E-state index contributed by atoms with van der Waals surface area (Å²) in [7, 11) is 5.43. The molecule has 0 saturated heterocycles. The number of rotatable bonds is 13. The molecule has 2 aromatic carbocycles. The van der Waals surface area contributed by atoms with Crippen LogP contribution in [0.2, 0.25) is 0 Å². The first kappa shape index (κ1) is 27.0. The van der Waals surface area contributed by atoms with Crippen LogP contribution in [0.3, 0.4) is 0 Å². The van der Waals surface area contributed by atoms with Crippen LogP contribution in [-0.4, -0.2) is 49.5 Å². The van der Waals surface area contributed by atoms with Crippen LogP contribution < -0.4 is 9.47 Å². The number of ether oxygens (including phenoxy) is 2. The number of benzene rings is 2. The highest BCUT2D eigenvalue weighted by atomic mass is 16.5. The number of aliphatic hydroxyl groups is 2. The number of aliphatic hydroxyl groups excluding tert-OH is 2. The molecule has 0 bridgehead atoms. The third-order valence-corrected chi connectivity index (χ3v) is 7.65. The minimum absolute atomic E-state index is 0.107. The lowest BCUT2D eigenvalue weighted by Crippen LogP contribution is -2.34. The van der Waals surface area contributed by atoms with Crippen molar-refractivity contribution in [1.82, 2.24) is 4.90 Å². The molecule has 1 unspecified atom stereocenters. The predicted molar refractivity (Wildman–Crippen MR) is 138 cm³/mol. The van der Waals surface area contributed by atoms with Crippen molar-refractivity contribution in [2.24, 2.45) is 5.92 Å². The molecule has 1 aliphatic carbocycles. The van der Waals surface area contributed by atoms with Crippen molar-refractivity contribution in [2.45, 2.75) is 63.6 Å². The molecule has 0 radical (unpaired) electrons. The zero-order valence-electron chi connectivity index (χ0n) is 21.4. The number of hydrogen-bond acceptors (Lipinski definition) is 6. The van der Waals surface area contributed by atoms with E-state index in [2.05, 4.69) is 24.1 Å². The van der Waals surface area contributed by atoms with Crippen molar-refractivity contribution < 1.29 is 19.7 Å². The SMILES string of the molecule is COc1ccc(CCN(C)CCCC(C#N)(c2ccc(CO)c(CO)c2)C2CCCC2)cc1OC. The van der Waals surface area contributed by atoms with Crippen molar-refractivity contribution in [3.63, 3.8) is 0 Å². The van der Waals surface area contributed by atoms with Crippen molar-refractivity contribution in [1.29, 1.82) is 5.26 Å². The zero-order chi connectivity index (χ0) is 25.3. The molecule has 1 atom stereocenters. The van der Waals surface area contributed by atoms with Crippen molar-refractivity contribution in [2.75, 3.05) is 34.4 Å². The summed E-state index contributed by atoms with van der Waals surface area (Å²) in [6, 6.07) is 14.6. The standard InChI is InChI=1S/C29H40N2O4/c1-31(16-13-22-9-12-27(34-2)28(17-22)35-3)15-6-14-29(21-30,25-7-4-5-8-25)26-11-10-23(19-32)24(18-26)20-33/h9-12,17-18,25,32-33H,4-8,13-16,19-20H2,1-3H3. The summed E-state index contributed by atoms with van der Waals surface area (Å²) < 4.78 is 10.8. The van der Waals surface area contributed by atoms with Crippen LogP contribution in [-0.2, 0) is 25.0 Å². The van der Waals surface area contributed by atoms with Crippen LogP contribution in [0.5, 0.6) is 11.5 Å². The second-order valence-electron chi connectivity index (χ2n) is 9.71. The van der Waals surface area contributed by atoms with Gasteiger partial charge in [-0.2, -0.15) is 5.26 Å². The van der Waals surface area contributed by atoms with Crippen LogP contribution in [0.1, 0.15) is 60.8 Å². The topological polar surface area (TPSA) is 86.0 Å². The molecule has 0 amide bonds. The first-order valence-electron chi connectivity index (χ1n) is 12.7. The molecule has 0 aliphatic heterocycles. The van der Waals surface area contributed by atoms with Gasteiger partial charge in [-0.15, -0.1) is 0 Å². The van der Waals surface area contributed by atoms with Crippen molar-refractivity contribution in [3.05, 3.63) is 58.7 Å². The smallest absolute Gasteiger partial charge is 0.160 e. The molecule has 6 nitrogen and oxygen atoms in total. The van der Waals surface area contributed by atoms with E-state index in [0.717, 1.165) is 73.4 Å². The molecular weight excluding hydrogens is 440 g/mol. The first-order chi connectivity index (χ1) is 17.0. The fourth-order valence-electron chi connectivity index (χ4n) is 5.52. The Hall–Kier alpha value is -2.59. The molecule has 6 heteroatoms. The lowest BCUT2D eigenvalue weighted by molar-refractivity contribution is 0.258. The number of methoxy groups -OCH3 is 2. The van der Waals surface area contributed by atoms with Crippen molar-refractivity contribution in [3.8, 4) is 17.6 Å². The highest BCUT2D eigenvalue weighted by Crippen LogP contribution is 2.45. The summed E-state index contributed by atoms with van der Waals surface area (Å²) in [6.07, 6.45) is 7.09. The Morgan fingerprint density at radius 3 is 2.31 bits per heavy atom. The summed E-state index contributed by atoms with van der Waals surface area (Å²) >= 11 is 0. The third-order valence-electron chi connectivity index (χ3n) is 7.65. The first-order valence-corrected chi connectivity index (χ1v) is 12.7. The number of likely N-dealkylation sites (N-methyl/N-ethyl adjacent to an activating group) is 1. The molecule has 0 aromatic heterocycles. The highest BCUT2D eigenvalue weighted by Gasteiger charge is 2.41. The van der Waals surface area contributed by atoms with Crippen molar-refractivity contribution >= 4 is 0 Å². The van der Waals surface area contributed by atoms with Crippen LogP contribution in [0.4, 0.5) is 0 Å². The predicted octanol–water partition coefficient (Wildman–Crippen LogP) is 4.59. The Morgan fingerprint density at radius 1 is 0.971 bits per heavy atom. The molecular formula is C29H40N2O4. The molecule has 1 saturated carbocycles. The maximum absolute atomic E-state index is 10.5. The molecule has 0 heterocycles. The van der Waals surface area contributed by atoms with Crippen LogP contribution in [0.25, 0.3) is 0 Å². The molecule has 1 aliphatic rings. The largest absolute Gasteiger partial charge is 0.493 e. The second kappa shape index (κ2) is 12.9. The van der Waals surface area contributed by atoms with E-state index in [9.17, 15) is 15.5 Å².